The van der Waals surface area contributed by atoms with Crippen molar-refractivity contribution < 1.29 is 19.5 Å². The first kappa shape index (κ1) is 19.0. The van der Waals surface area contributed by atoms with Gasteiger partial charge in [-0.3, -0.25) is 14.4 Å². The zero-order valence-electron chi connectivity index (χ0n) is 14.2. The van der Waals surface area contributed by atoms with Crippen molar-refractivity contribution in [2.24, 2.45) is 5.92 Å². The zero-order chi connectivity index (χ0) is 18.7. The molecule has 1 saturated heterocycles. The molecule has 140 valence electrons. The van der Waals surface area contributed by atoms with Gasteiger partial charge in [-0.25, -0.2) is 0 Å². The minimum atomic E-state index is -0.803. The number of carboxylic acids is 1. The summed E-state index contributed by atoms with van der Waals surface area (Å²) in [6.07, 6.45) is 2.69. The maximum absolute atomic E-state index is 12.7. The lowest BCUT2D eigenvalue weighted by atomic mass is 9.93. The molecular weight excluding hydrogens is 376 g/mol. The number of halogens is 1. The molecule has 2 amide bonds. The van der Waals surface area contributed by atoms with Crippen LogP contribution in [-0.4, -0.2) is 46.1 Å². The van der Waals surface area contributed by atoms with Crippen LogP contribution in [0.4, 0.5) is 5.69 Å². The van der Waals surface area contributed by atoms with E-state index in [0.717, 1.165) is 17.7 Å². The molecule has 26 heavy (non-hydrogen) atoms. The van der Waals surface area contributed by atoms with Crippen LogP contribution in [0.3, 0.4) is 0 Å². The third-order valence-electron chi connectivity index (χ3n) is 4.76. The molecule has 2 aliphatic heterocycles. The lowest BCUT2D eigenvalue weighted by Crippen LogP contribution is -2.42. The highest BCUT2D eigenvalue weighted by atomic mass is 35.5. The van der Waals surface area contributed by atoms with Gasteiger partial charge in [0.25, 0.3) is 0 Å². The average Bonchev–Trinajstić information content (AvgIpc) is 2.61. The molecule has 2 aliphatic rings. The Balaban J connectivity index is 1.58. The largest absolute Gasteiger partial charge is 0.481 e. The van der Waals surface area contributed by atoms with E-state index in [1.54, 1.807) is 17.0 Å². The Bertz CT molecular complexity index is 727. The summed E-state index contributed by atoms with van der Waals surface area (Å²) in [5, 5.41) is 11.7. The molecule has 1 fully saturated rings. The van der Waals surface area contributed by atoms with E-state index in [4.69, 9.17) is 16.7 Å². The van der Waals surface area contributed by atoms with Gasteiger partial charge in [-0.15, -0.1) is 11.8 Å². The standard InChI is InChI=1S/C18H21ClN2O4S/c19-12-4-5-14-13(8-12)20-18(25)15(26-14)9-16(22)21-7-1-2-11(10-21)3-6-17(23)24/h4-5,8,11,15H,1-3,6-7,9-10H2,(H,20,25)(H,23,24). The number of benzene rings is 1. The predicted octanol–water partition coefficient (Wildman–Crippen LogP) is 3.25. The van der Waals surface area contributed by atoms with Crippen molar-refractivity contribution in [2.45, 2.75) is 42.2 Å². The molecule has 0 saturated carbocycles. The van der Waals surface area contributed by atoms with Crippen LogP contribution in [0.5, 0.6) is 0 Å². The molecule has 2 N–H and O–H groups in total. The number of hydrogen-bond donors (Lipinski definition) is 2. The Labute approximate surface area is 161 Å². The molecule has 0 spiro atoms. The second-order valence-corrected chi connectivity index (χ2v) is 8.40. The molecule has 2 unspecified atom stereocenters. The highest BCUT2D eigenvalue weighted by Crippen LogP contribution is 2.38. The molecule has 0 aliphatic carbocycles. The quantitative estimate of drug-likeness (QED) is 0.797. The topological polar surface area (TPSA) is 86.7 Å². The number of carbonyl (C=O) groups excluding carboxylic acids is 2. The number of hydrogen-bond acceptors (Lipinski definition) is 4. The van der Waals surface area contributed by atoms with E-state index in [1.165, 1.54) is 11.8 Å². The number of rotatable bonds is 5. The minimum absolute atomic E-state index is 0.0462. The minimum Gasteiger partial charge on any atom is -0.481 e. The normalized spacial score (nSPS) is 22.5. The molecule has 2 heterocycles. The lowest BCUT2D eigenvalue weighted by molar-refractivity contribution is -0.137. The molecule has 0 bridgehead atoms. The fraction of sp³-hybridized carbons (Fsp3) is 0.500. The van der Waals surface area contributed by atoms with Gasteiger partial charge in [-0.05, 0) is 43.4 Å². The number of anilines is 1. The fourth-order valence-electron chi connectivity index (χ4n) is 3.40. The Morgan fingerprint density at radius 1 is 1.38 bits per heavy atom. The Kier molecular flexibility index (Phi) is 6.09. The predicted molar refractivity (Wildman–Crippen MR) is 101 cm³/mol. The zero-order valence-corrected chi connectivity index (χ0v) is 15.8. The monoisotopic (exact) mass is 396 g/mol. The van der Waals surface area contributed by atoms with E-state index < -0.39 is 11.2 Å². The number of nitrogens with one attached hydrogen (secondary N) is 1. The smallest absolute Gasteiger partial charge is 0.303 e. The first-order chi connectivity index (χ1) is 12.4. The van der Waals surface area contributed by atoms with Crippen molar-refractivity contribution >= 4 is 46.8 Å². The van der Waals surface area contributed by atoms with E-state index >= 15 is 0 Å². The second-order valence-electron chi connectivity index (χ2n) is 6.72. The maximum atomic E-state index is 12.7. The van der Waals surface area contributed by atoms with Crippen LogP contribution in [0.15, 0.2) is 23.1 Å². The summed E-state index contributed by atoms with van der Waals surface area (Å²) in [6, 6.07) is 5.32. The number of carbonyl (C=O) groups is 3. The van der Waals surface area contributed by atoms with Crippen LogP contribution in [0.25, 0.3) is 0 Å². The summed E-state index contributed by atoms with van der Waals surface area (Å²) >= 11 is 7.33. The Morgan fingerprint density at radius 2 is 2.19 bits per heavy atom. The van der Waals surface area contributed by atoms with Crippen LogP contribution in [0.1, 0.15) is 32.1 Å². The van der Waals surface area contributed by atoms with E-state index in [-0.39, 0.29) is 30.6 Å². The van der Waals surface area contributed by atoms with Gasteiger partial charge >= 0.3 is 5.97 Å². The number of nitrogens with zero attached hydrogens (tertiary/aromatic N) is 1. The number of fused-ring (bicyclic) bond motifs is 1. The number of piperidine rings is 1. The number of thioether (sulfide) groups is 1. The van der Waals surface area contributed by atoms with Gasteiger partial charge in [0, 0.05) is 35.8 Å². The van der Waals surface area contributed by atoms with E-state index in [9.17, 15) is 14.4 Å². The van der Waals surface area contributed by atoms with Crippen molar-refractivity contribution in [3.63, 3.8) is 0 Å². The average molecular weight is 397 g/mol. The van der Waals surface area contributed by atoms with Gasteiger partial charge in [0.2, 0.25) is 11.8 Å². The molecule has 3 rings (SSSR count). The molecule has 1 aromatic carbocycles. The van der Waals surface area contributed by atoms with Crippen molar-refractivity contribution in [1.82, 2.24) is 4.90 Å². The van der Waals surface area contributed by atoms with E-state index in [1.807, 2.05) is 6.07 Å². The van der Waals surface area contributed by atoms with E-state index in [0.29, 0.717) is 30.2 Å². The molecule has 0 aromatic heterocycles. The Morgan fingerprint density at radius 3 is 2.96 bits per heavy atom. The molecule has 0 radical (unpaired) electrons. The molecule has 6 nitrogen and oxygen atoms in total. The van der Waals surface area contributed by atoms with Crippen molar-refractivity contribution in [2.75, 3.05) is 18.4 Å². The van der Waals surface area contributed by atoms with Gasteiger partial charge in [0.15, 0.2) is 0 Å². The summed E-state index contributed by atoms with van der Waals surface area (Å²) in [7, 11) is 0. The molecule has 1 aromatic rings. The third-order valence-corrected chi connectivity index (χ3v) is 6.27. The third kappa shape index (κ3) is 4.71. The first-order valence-electron chi connectivity index (χ1n) is 8.69. The van der Waals surface area contributed by atoms with Crippen LogP contribution in [0.2, 0.25) is 5.02 Å². The van der Waals surface area contributed by atoms with Crippen LogP contribution in [0, 0.1) is 5.92 Å². The first-order valence-corrected chi connectivity index (χ1v) is 9.95. The van der Waals surface area contributed by atoms with Crippen LogP contribution < -0.4 is 5.32 Å². The van der Waals surface area contributed by atoms with Gasteiger partial charge < -0.3 is 15.3 Å². The summed E-state index contributed by atoms with van der Waals surface area (Å²) in [5.41, 5.74) is 0.683. The second kappa shape index (κ2) is 8.31. The van der Waals surface area contributed by atoms with Crippen LogP contribution >= 0.6 is 23.4 Å². The highest BCUT2D eigenvalue weighted by molar-refractivity contribution is 8.01. The van der Waals surface area contributed by atoms with E-state index in [2.05, 4.69) is 5.32 Å². The summed E-state index contributed by atoms with van der Waals surface area (Å²) < 4.78 is 0. The van der Waals surface area contributed by atoms with Crippen molar-refractivity contribution in [1.29, 1.82) is 0 Å². The number of aliphatic carboxylic acids is 1. The molecular formula is C18H21ClN2O4S. The molecule has 2 atom stereocenters. The number of amides is 2. The summed E-state index contributed by atoms with van der Waals surface area (Å²) in [4.78, 5) is 38.4. The molecule has 8 heteroatoms. The number of likely N-dealkylation sites (tertiary alicyclic amines) is 1. The van der Waals surface area contributed by atoms with Crippen molar-refractivity contribution in [3.05, 3.63) is 23.2 Å². The fourth-order valence-corrected chi connectivity index (χ4v) is 4.65. The highest BCUT2D eigenvalue weighted by Gasteiger charge is 2.32. The SMILES string of the molecule is O=C(O)CCC1CCCN(C(=O)CC2Sc3ccc(Cl)cc3NC2=O)C1. The van der Waals surface area contributed by atoms with Crippen LogP contribution in [-0.2, 0) is 14.4 Å². The Hall–Kier alpha value is -1.73. The van der Waals surface area contributed by atoms with Gasteiger partial charge in [-0.1, -0.05) is 11.6 Å². The number of carboxylic acid groups (broad SMARTS) is 1. The maximum Gasteiger partial charge on any atom is 0.303 e. The van der Waals surface area contributed by atoms with Gasteiger partial charge in [0.05, 0.1) is 10.9 Å². The van der Waals surface area contributed by atoms with Crippen molar-refractivity contribution in [3.8, 4) is 0 Å². The summed E-state index contributed by atoms with van der Waals surface area (Å²) in [5.74, 6) is -0.811. The lowest BCUT2D eigenvalue weighted by Gasteiger charge is -2.34. The summed E-state index contributed by atoms with van der Waals surface area (Å²) in [6.45, 7) is 1.25. The van der Waals surface area contributed by atoms with Gasteiger partial charge in [-0.2, -0.15) is 0 Å². The van der Waals surface area contributed by atoms with Gasteiger partial charge in [0.1, 0.15) is 0 Å².